The highest BCUT2D eigenvalue weighted by molar-refractivity contribution is 5.99. The van der Waals surface area contributed by atoms with E-state index in [1.807, 2.05) is 0 Å². The van der Waals surface area contributed by atoms with Gasteiger partial charge in [-0.1, -0.05) is 0 Å². The summed E-state index contributed by atoms with van der Waals surface area (Å²) in [6.45, 7) is 0.214. The quantitative estimate of drug-likeness (QED) is 0.0117. The number of carbonyl (C=O) groups excluding carboxylic acids is 12. The summed E-state index contributed by atoms with van der Waals surface area (Å²) < 4.78 is 10.2. The Bertz CT molecular complexity index is 2730. The third-order valence-corrected chi connectivity index (χ3v) is 17.2. The second-order valence-electron chi connectivity index (χ2n) is 25.1. The molecule has 568 valence electrons. The molecule has 101 heavy (non-hydrogen) atoms. The Hall–Kier alpha value is -9.12. The number of nitrogens with zero attached hydrogens (tertiary/aromatic N) is 6. The molecule has 4 aliphatic rings. The number of aliphatic carboxylic acids is 2. The highest BCUT2D eigenvalue weighted by Gasteiger charge is 2.47. The maximum Gasteiger partial charge on any atom is 0.326 e. The fourth-order valence-electron chi connectivity index (χ4n) is 12.1. The maximum absolute atomic E-state index is 14.3. The minimum atomic E-state index is -1.65. The number of likely N-dealkylation sites (tertiary alicyclic amines) is 4. The maximum atomic E-state index is 14.3. The summed E-state index contributed by atoms with van der Waals surface area (Å²) >= 11 is 0. The number of aliphatic imine (C=N–C) groups is 2. The minimum Gasteiger partial charge on any atom is -0.480 e. The van der Waals surface area contributed by atoms with E-state index in [1.165, 1.54) is 33.4 Å². The molecule has 0 spiro atoms. The van der Waals surface area contributed by atoms with Crippen LogP contribution < -0.4 is 76.9 Å². The number of rotatable bonds is 44. The van der Waals surface area contributed by atoms with Gasteiger partial charge < -0.3 is 126 Å². The Labute approximate surface area is 584 Å². The highest BCUT2D eigenvalue weighted by Crippen LogP contribution is 2.29. The van der Waals surface area contributed by atoms with Gasteiger partial charge in [0.25, 0.3) is 0 Å². The topological polar surface area (TPSA) is 628 Å². The number of unbranched alkanes of at least 4 members (excludes halogenated alkanes) is 2. The fourth-order valence-corrected chi connectivity index (χ4v) is 12.1. The number of guanidine groups is 2. The molecule has 12 amide bonds. The molecule has 0 aromatic rings. The molecular formula is C61H104N20O20. The summed E-state index contributed by atoms with van der Waals surface area (Å²) in [6, 6.07) is -12.5. The van der Waals surface area contributed by atoms with E-state index in [9.17, 15) is 87.5 Å². The molecule has 0 bridgehead atoms. The van der Waals surface area contributed by atoms with Crippen LogP contribution in [0.1, 0.15) is 129 Å². The van der Waals surface area contributed by atoms with Crippen molar-refractivity contribution in [2.24, 2.45) is 44.4 Å². The van der Waals surface area contributed by atoms with Crippen LogP contribution in [0.3, 0.4) is 0 Å². The summed E-state index contributed by atoms with van der Waals surface area (Å²) in [5, 5.41) is 60.2. The molecule has 0 aromatic carbocycles. The molecule has 0 radical (unpaired) electrons. The van der Waals surface area contributed by atoms with Crippen molar-refractivity contribution in [3.8, 4) is 0 Å². The molecule has 4 fully saturated rings. The number of hydrogen-bond acceptors (Lipinski definition) is 22. The Morgan fingerprint density at radius 3 is 1.11 bits per heavy atom. The molecule has 24 N–H and O–H groups in total. The third-order valence-electron chi connectivity index (χ3n) is 17.2. The number of carboxylic acids is 2. The number of aliphatic hydroxyl groups is 2. The zero-order chi connectivity index (χ0) is 74.9. The second kappa shape index (κ2) is 43.5. The van der Waals surface area contributed by atoms with Crippen molar-refractivity contribution in [3.05, 3.63) is 0 Å². The van der Waals surface area contributed by atoms with Crippen LogP contribution in [0, 0.1) is 0 Å². The predicted octanol–water partition coefficient (Wildman–Crippen LogP) is -8.62. The van der Waals surface area contributed by atoms with Crippen molar-refractivity contribution in [3.63, 3.8) is 0 Å². The van der Waals surface area contributed by atoms with Gasteiger partial charge in [-0.3, -0.25) is 67.5 Å². The Morgan fingerprint density at radius 2 is 0.782 bits per heavy atom. The smallest absolute Gasteiger partial charge is 0.326 e. The van der Waals surface area contributed by atoms with Crippen molar-refractivity contribution in [2.45, 2.75) is 202 Å². The van der Waals surface area contributed by atoms with Gasteiger partial charge in [0.2, 0.25) is 70.9 Å². The van der Waals surface area contributed by atoms with Crippen molar-refractivity contribution in [1.82, 2.24) is 62.1 Å². The molecule has 0 saturated carbocycles. The van der Waals surface area contributed by atoms with Gasteiger partial charge in [-0.25, -0.2) is 9.59 Å². The molecule has 40 heteroatoms. The first-order chi connectivity index (χ1) is 48.0. The predicted molar refractivity (Wildman–Crippen MR) is 358 cm³/mol. The van der Waals surface area contributed by atoms with E-state index >= 15 is 0 Å². The van der Waals surface area contributed by atoms with Gasteiger partial charge in [0.1, 0.15) is 80.4 Å². The van der Waals surface area contributed by atoms with Crippen LogP contribution in [-0.4, -0.2) is 293 Å². The molecule has 4 rings (SSSR count). The zero-order valence-electron chi connectivity index (χ0n) is 57.3. The average Bonchev–Trinajstić information content (AvgIpc) is 1.68. The van der Waals surface area contributed by atoms with Crippen LogP contribution in [0.4, 0.5) is 0 Å². The van der Waals surface area contributed by atoms with E-state index < -0.39 is 189 Å². The van der Waals surface area contributed by atoms with Gasteiger partial charge in [-0.15, -0.1) is 0 Å². The lowest BCUT2D eigenvalue weighted by Crippen LogP contribution is -2.60. The fraction of sp³-hybridized carbons (Fsp3) is 0.738. The van der Waals surface area contributed by atoms with Crippen LogP contribution in [0.5, 0.6) is 0 Å². The molecule has 4 heterocycles. The number of nitrogens with one attached hydrogen (secondary N) is 8. The van der Waals surface area contributed by atoms with E-state index in [1.54, 1.807) is 0 Å². The number of hydrogen-bond donors (Lipinski definition) is 18. The molecule has 4 saturated heterocycles. The number of amides is 12. The van der Waals surface area contributed by atoms with Crippen LogP contribution in [0.15, 0.2) is 9.98 Å². The lowest BCUT2D eigenvalue weighted by Gasteiger charge is -2.33. The van der Waals surface area contributed by atoms with Crippen molar-refractivity contribution in [2.75, 3.05) is 85.5 Å². The van der Waals surface area contributed by atoms with Crippen LogP contribution in [0.25, 0.3) is 0 Å². The Morgan fingerprint density at radius 1 is 0.446 bits per heavy atom. The molecule has 4 aliphatic heterocycles. The molecule has 12 atom stereocenters. The third kappa shape index (κ3) is 27.7. The van der Waals surface area contributed by atoms with Crippen LogP contribution in [0.2, 0.25) is 0 Å². The largest absolute Gasteiger partial charge is 0.480 e. The number of carboxylic acid groups (broad SMARTS) is 2. The Kier molecular flexibility index (Phi) is 36.3. The average molecular weight is 1440 g/mol. The molecule has 0 aliphatic carbocycles. The summed E-state index contributed by atoms with van der Waals surface area (Å²) in [6.07, 6.45) is 1.69. The van der Waals surface area contributed by atoms with E-state index in [-0.39, 0.29) is 128 Å². The van der Waals surface area contributed by atoms with E-state index in [0.29, 0.717) is 51.4 Å². The van der Waals surface area contributed by atoms with Gasteiger partial charge >= 0.3 is 11.9 Å². The van der Waals surface area contributed by atoms with Crippen molar-refractivity contribution in [1.29, 1.82) is 0 Å². The Balaban J connectivity index is 1.22. The number of nitrogens with two attached hydrogens (primary N) is 6. The van der Waals surface area contributed by atoms with Crippen LogP contribution >= 0.6 is 0 Å². The lowest BCUT2D eigenvalue weighted by molar-refractivity contribution is -0.149. The van der Waals surface area contributed by atoms with E-state index in [0.717, 1.165) is 0 Å². The monoisotopic (exact) mass is 1440 g/mol. The van der Waals surface area contributed by atoms with E-state index in [2.05, 4.69) is 52.5 Å². The lowest BCUT2D eigenvalue weighted by atomic mass is 10.0. The van der Waals surface area contributed by atoms with Gasteiger partial charge in [0, 0.05) is 39.3 Å². The summed E-state index contributed by atoms with van der Waals surface area (Å²) in [5.74, 6) is -12.2. The summed E-state index contributed by atoms with van der Waals surface area (Å²) in [7, 11) is 0. The minimum absolute atomic E-state index is 0.00639. The van der Waals surface area contributed by atoms with Crippen LogP contribution in [-0.2, 0) is 76.6 Å². The first-order valence-corrected chi connectivity index (χ1v) is 34.0. The first kappa shape index (κ1) is 84.3. The van der Waals surface area contributed by atoms with Gasteiger partial charge in [-0.05, 0) is 143 Å². The summed E-state index contributed by atoms with van der Waals surface area (Å²) in [5.41, 5.74) is 32.8. The molecule has 0 aromatic heterocycles. The van der Waals surface area contributed by atoms with E-state index in [4.69, 9.17) is 43.9 Å². The SMILES string of the molecule is CC(O)C(NC(=O)CNC(=O)COCOCC(=O)NCC(=O)NC(C(=O)N[C@@H](CCCCN)C(=O)N1CCC[C@H]1C(=O)N1CCC[C@H]1C(=O)N[C@@H](CCCN=C(N)N)C(=O)O)C(C)O)C(=O)N[C@@H](CCCCN)C(=O)N1CCC[C@H]1C(=O)N1CCC[C@H]1C(=O)N[C@@H](CCCN=C(N)N)C(=O)O. The zero-order valence-corrected chi connectivity index (χ0v) is 57.3. The number of aliphatic hydroxyl groups excluding tert-OH is 2. The summed E-state index contributed by atoms with van der Waals surface area (Å²) in [4.78, 5) is 200. The van der Waals surface area contributed by atoms with Gasteiger partial charge in [0.05, 0.1) is 25.3 Å². The molecular weight excluding hydrogens is 1330 g/mol. The van der Waals surface area contributed by atoms with Gasteiger partial charge in [-0.2, -0.15) is 0 Å². The first-order valence-electron chi connectivity index (χ1n) is 34.0. The molecule has 4 unspecified atom stereocenters. The normalized spacial score (nSPS) is 19.5. The number of carbonyl (C=O) groups is 14. The standard InChI is InChI=1S/C61H104N20O20/c1-34(82)48(52(90)72-36(13-3-5-21-62)54(92)80-27-11-19-42(80)56(94)78-25-9-17-40(78)50(88)74-38(58(96)97)15-7-23-68-60(64)65)76-44(84)29-70-46(86)31-100-33-101-32-47(87)71-30-45(85)77-49(35(2)83)53(91)73-37(14-4-6-22-63)55(93)81-28-12-20-43(81)57(95)79-26-10-18-41(79)51(89)75-39(59(98)99)16-8-24-69-61(66)67/h34-43,48-49,82-83H,3-33,62-63H2,1-2H3,(H,70,86)(H,71,87)(H,72,90)(H,73,91)(H,74,88)(H,75,89)(H,76,84)(H,77,85)(H,96,97)(H,98,99)(H4,64,65,68)(H4,66,67,69)/t34?,35?,36-,37-,38-,39-,40-,41-,42-,43-,48?,49?/m0/s1. The van der Waals surface area contributed by atoms with Crippen molar-refractivity contribution >= 4 is 94.7 Å². The van der Waals surface area contributed by atoms with Crippen molar-refractivity contribution < 1.29 is 97.0 Å². The highest BCUT2D eigenvalue weighted by atomic mass is 16.7. The second-order valence-corrected chi connectivity index (χ2v) is 25.1. The number of ether oxygens (including phenoxy) is 2. The molecule has 40 nitrogen and oxygen atoms in total. The van der Waals surface area contributed by atoms with Gasteiger partial charge in [0.15, 0.2) is 11.9 Å².